The molecule has 2 aromatic heterocycles. The van der Waals surface area contributed by atoms with Crippen LogP contribution in [0.1, 0.15) is 11.5 Å². The van der Waals surface area contributed by atoms with Crippen molar-refractivity contribution in [3.8, 4) is 11.3 Å². The van der Waals surface area contributed by atoms with Gasteiger partial charge in [0.25, 0.3) is 0 Å². The molecule has 0 aliphatic heterocycles. The summed E-state index contributed by atoms with van der Waals surface area (Å²) in [6.07, 6.45) is 1.68. The molecule has 0 aliphatic carbocycles. The van der Waals surface area contributed by atoms with Crippen LogP contribution >= 0.6 is 11.8 Å². The van der Waals surface area contributed by atoms with E-state index in [-0.39, 0.29) is 5.75 Å². The van der Waals surface area contributed by atoms with Crippen LogP contribution in [0.3, 0.4) is 0 Å². The van der Waals surface area contributed by atoms with E-state index in [0.29, 0.717) is 5.16 Å². The van der Waals surface area contributed by atoms with Gasteiger partial charge in [-0.3, -0.25) is 4.79 Å². The standard InChI is InChI=1S/C11H12N2O3S/c1-6-3-8(7(2)16-6)9-4-12-11(13-9)17-5-10(14)15/h3-4H,5H2,1-2H3,(H,12,13)(H,14,15). The number of thioether (sulfide) groups is 1. The van der Waals surface area contributed by atoms with Crippen molar-refractivity contribution >= 4 is 17.7 Å². The van der Waals surface area contributed by atoms with Crippen LogP contribution < -0.4 is 0 Å². The number of aryl methyl sites for hydroxylation is 2. The number of H-pyrrole nitrogens is 1. The monoisotopic (exact) mass is 252 g/mol. The summed E-state index contributed by atoms with van der Waals surface area (Å²) in [5.74, 6) is 0.798. The highest BCUT2D eigenvalue weighted by Crippen LogP contribution is 2.26. The molecule has 0 saturated carbocycles. The molecular weight excluding hydrogens is 240 g/mol. The van der Waals surface area contributed by atoms with Gasteiger partial charge in [0, 0.05) is 5.56 Å². The number of carbonyl (C=O) groups is 1. The van der Waals surface area contributed by atoms with Gasteiger partial charge in [-0.15, -0.1) is 0 Å². The maximum Gasteiger partial charge on any atom is 0.313 e. The molecule has 0 spiro atoms. The molecule has 0 atom stereocenters. The number of rotatable bonds is 4. The second-order valence-electron chi connectivity index (χ2n) is 3.61. The number of carboxylic acids is 1. The van der Waals surface area contributed by atoms with Crippen molar-refractivity contribution in [2.24, 2.45) is 0 Å². The number of aliphatic carboxylic acids is 1. The fourth-order valence-electron chi connectivity index (χ4n) is 1.54. The summed E-state index contributed by atoms with van der Waals surface area (Å²) in [5, 5.41) is 9.17. The Morgan fingerprint density at radius 3 is 2.94 bits per heavy atom. The fourth-order valence-corrected chi connectivity index (χ4v) is 2.11. The van der Waals surface area contributed by atoms with E-state index in [1.165, 1.54) is 0 Å². The van der Waals surface area contributed by atoms with Crippen LogP contribution in [0.15, 0.2) is 21.8 Å². The van der Waals surface area contributed by atoms with Crippen LogP contribution in [0.25, 0.3) is 11.3 Å². The largest absolute Gasteiger partial charge is 0.481 e. The molecule has 17 heavy (non-hydrogen) atoms. The maximum atomic E-state index is 10.4. The van der Waals surface area contributed by atoms with E-state index in [4.69, 9.17) is 9.52 Å². The average Bonchev–Trinajstić information content (AvgIpc) is 2.82. The van der Waals surface area contributed by atoms with Gasteiger partial charge in [-0.2, -0.15) is 0 Å². The van der Waals surface area contributed by atoms with Crippen LogP contribution in [0.2, 0.25) is 0 Å². The third kappa shape index (κ3) is 2.71. The predicted octanol–water partition coefficient (Wildman–Crippen LogP) is 2.46. The molecule has 0 radical (unpaired) electrons. The van der Waals surface area contributed by atoms with Gasteiger partial charge in [0.1, 0.15) is 11.5 Å². The summed E-state index contributed by atoms with van der Waals surface area (Å²) in [6.45, 7) is 3.76. The Morgan fingerprint density at radius 1 is 1.59 bits per heavy atom. The first-order chi connectivity index (χ1) is 8.06. The van der Waals surface area contributed by atoms with E-state index in [1.807, 2.05) is 19.9 Å². The highest BCUT2D eigenvalue weighted by molar-refractivity contribution is 7.99. The SMILES string of the molecule is Cc1cc(-c2cnc(SCC(=O)O)[nH]2)c(C)o1. The summed E-state index contributed by atoms with van der Waals surface area (Å²) in [6, 6.07) is 1.93. The second kappa shape index (κ2) is 4.67. The predicted molar refractivity (Wildman–Crippen MR) is 64.1 cm³/mol. The smallest absolute Gasteiger partial charge is 0.313 e. The van der Waals surface area contributed by atoms with Crippen LogP contribution in [0, 0.1) is 13.8 Å². The maximum absolute atomic E-state index is 10.4. The Morgan fingerprint density at radius 2 is 2.35 bits per heavy atom. The van der Waals surface area contributed by atoms with Gasteiger partial charge in [0.2, 0.25) is 0 Å². The molecule has 0 aliphatic rings. The zero-order valence-electron chi connectivity index (χ0n) is 9.48. The van der Waals surface area contributed by atoms with Crippen LogP contribution in [-0.2, 0) is 4.79 Å². The van der Waals surface area contributed by atoms with E-state index in [0.717, 1.165) is 34.5 Å². The molecule has 0 amide bonds. The van der Waals surface area contributed by atoms with Crippen LogP contribution in [0.5, 0.6) is 0 Å². The zero-order valence-corrected chi connectivity index (χ0v) is 10.3. The van der Waals surface area contributed by atoms with Crippen molar-refractivity contribution in [1.29, 1.82) is 0 Å². The molecule has 2 N–H and O–H groups in total. The van der Waals surface area contributed by atoms with Gasteiger partial charge < -0.3 is 14.5 Å². The van der Waals surface area contributed by atoms with Gasteiger partial charge >= 0.3 is 5.97 Å². The molecule has 0 fully saturated rings. The quantitative estimate of drug-likeness (QED) is 0.817. The first-order valence-corrected chi connectivity index (χ1v) is 6.02. The van der Waals surface area contributed by atoms with E-state index in [9.17, 15) is 4.79 Å². The zero-order chi connectivity index (χ0) is 12.4. The Kier molecular flexibility index (Phi) is 3.23. The highest BCUT2D eigenvalue weighted by atomic mass is 32.2. The lowest BCUT2D eigenvalue weighted by molar-refractivity contribution is -0.133. The topological polar surface area (TPSA) is 79.1 Å². The van der Waals surface area contributed by atoms with Crippen molar-refractivity contribution in [1.82, 2.24) is 9.97 Å². The van der Waals surface area contributed by atoms with Crippen molar-refractivity contribution < 1.29 is 14.3 Å². The Bertz CT molecular complexity index is 545. The van der Waals surface area contributed by atoms with Crippen LogP contribution in [0.4, 0.5) is 0 Å². The number of imidazole rings is 1. The first kappa shape index (κ1) is 11.8. The Labute approximate surface area is 102 Å². The lowest BCUT2D eigenvalue weighted by Gasteiger charge is -1.94. The van der Waals surface area contributed by atoms with Gasteiger partial charge in [0.05, 0.1) is 17.6 Å². The van der Waals surface area contributed by atoms with E-state index < -0.39 is 5.97 Å². The van der Waals surface area contributed by atoms with Gasteiger partial charge in [0.15, 0.2) is 5.16 Å². The number of carboxylic acid groups (broad SMARTS) is 1. The number of aromatic nitrogens is 2. The minimum atomic E-state index is -0.858. The van der Waals surface area contributed by atoms with Gasteiger partial charge in [-0.05, 0) is 19.9 Å². The Hall–Kier alpha value is -1.69. The molecule has 90 valence electrons. The summed E-state index contributed by atoms with van der Waals surface area (Å²) in [7, 11) is 0. The van der Waals surface area contributed by atoms with Crippen molar-refractivity contribution in [3.63, 3.8) is 0 Å². The Balaban J connectivity index is 2.18. The lowest BCUT2D eigenvalue weighted by atomic mass is 10.2. The molecule has 0 unspecified atom stereocenters. The molecule has 0 bridgehead atoms. The number of hydrogen-bond donors (Lipinski definition) is 2. The summed E-state index contributed by atoms with van der Waals surface area (Å²) >= 11 is 1.16. The number of nitrogens with zero attached hydrogens (tertiary/aromatic N) is 1. The third-order valence-corrected chi connectivity index (χ3v) is 3.09. The van der Waals surface area contributed by atoms with Crippen molar-refractivity contribution in [2.45, 2.75) is 19.0 Å². The molecule has 2 rings (SSSR count). The van der Waals surface area contributed by atoms with Crippen molar-refractivity contribution in [2.75, 3.05) is 5.75 Å². The molecular formula is C11H12N2O3S. The molecule has 5 nitrogen and oxygen atoms in total. The summed E-state index contributed by atoms with van der Waals surface area (Å²) in [4.78, 5) is 17.6. The number of nitrogens with one attached hydrogen (secondary N) is 1. The molecule has 2 aromatic rings. The minimum Gasteiger partial charge on any atom is -0.481 e. The number of hydrogen-bond acceptors (Lipinski definition) is 4. The highest BCUT2D eigenvalue weighted by Gasteiger charge is 2.11. The van der Waals surface area contributed by atoms with Crippen LogP contribution in [-0.4, -0.2) is 26.8 Å². The normalized spacial score (nSPS) is 10.7. The number of furan rings is 1. The van der Waals surface area contributed by atoms with Gasteiger partial charge in [-0.1, -0.05) is 11.8 Å². The summed E-state index contributed by atoms with van der Waals surface area (Å²) in [5.41, 5.74) is 1.80. The first-order valence-electron chi connectivity index (χ1n) is 5.03. The number of aromatic amines is 1. The average molecular weight is 252 g/mol. The molecule has 0 saturated heterocycles. The van der Waals surface area contributed by atoms with Crippen molar-refractivity contribution in [3.05, 3.63) is 23.8 Å². The van der Waals surface area contributed by atoms with Gasteiger partial charge in [-0.25, -0.2) is 4.98 Å². The third-order valence-electron chi connectivity index (χ3n) is 2.22. The second-order valence-corrected chi connectivity index (χ2v) is 4.58. The lowest BCUT2D eigenvalue weighted by Crippen LogP contribution is -1.97. The molecule has 0 aromatic carbocycles. The van der Waals surface area contributed by atoms with E-state index >= 15 is 0 Å². The fraction of sp³-hybridized carbons (Fsp3) is 0.273. The minimum absolute atomic E-state index is 0.00362. The van der Waals surface area contributed by atoms with E-state index in [1.54, 1.807) is 6.20 Å². The van der Waals surface area contributed by atoms with E-state index in [2.05, 4.69) is 9.97 Å². The molecule has 2 heterocycles. The molecule has 6 heteroatoms. The summed E-state index contributed by atoms with van der Waals surface area (Å²) < 4.78 is 5.43.